The number of nitrogens with one attached hydrogen (secondary N) is 2. The average Bonchev–Trinajstić information content (AvgIpc) is 2.87. The van der Waals surface area contributed by atoms with Crippen molar-refractivity contribution in [2.24, 2.45) is 10.2 Å². The van der Waals surface area contributed by atoms with E-state index < -0.39 is 0 Å². The Morgan fingerprint density at radius 1 is 0.722 bits per heavy atom. The van der Waals surface area contributed by atoms with Crippen molar-refractivity contribution in [3.63, 3.8) is 0 Å². The summed E-state index contributed by atoms with van der Waals surface area (Å²) in [5, 5.41) is 27.0. The van der Waals surface area contributed by atoms with Crippen LogP contribution in [0.25, 0.3) is 0 Å². The second-order valence-electron chi connectivity index (χ2n) is 8.07. The highest BCUT2D eigenvalue weighted by molar-refractivity contribution is 5.84. The maximum Gasteiger partial charge on any atom is 0.240 e. The van der Waals surface area contributed by atoms with Crippen LogP contribution in [0.4, 0.5) is 0 Å². The molecule has 0 aliphatic heterocycles. The SMILES string of the molecule is COc1cc(/C=N\NC(=O)CCCCCCCCC(=O)N/N=C\c2ccc(O)c(OC)c2)ccc1O. The van der Waals surface area contributed by atoms with E-state index in [0.717, 1.165) is 38.5 Å². The number of benzene rings is 2. The van der Waals surface area contributed by atoms with Crippen LogP contribution in [0.5, 0.6) is 23.0 Å². The highest BCUT2D eigenvalue weighted by atomic mass is 16.5. The summed E-state index contributed by atoms with van der Waals surface area (Å²) in [4.78, 5) is 23.8. The van der Waals surface area contributed by atoms with Crippen LogP contribution in [0.15, 0.2) is 46.6 Å². The minimum atomic E-state index is -0.153. The second kappa shape index (κ2) is 15.8. The van der Waals surface area contributed by atoms with Gasteiger partial charge < -0.3 is 19.7 Å². The van der Waals surface area contributed by atoms with Gasteiger partial charge in [0.2, 0.25) is 11.8 Å². The third-order valence-corrected chi connectivity index (χ3v) is 5.27. The number of methoxy groups -OCH3 is 2. The van der Waals surface area contributed by atoms with Crippen LogP contribution >= 0.6 is 0 Å². The van der Waals surface area contributed by atoms with Gasteiger partial charge >= 0.3 is 0 Å². The highest BCUT2D eigenvalue weighted by Gasteiger charge is 2.04. The Bertz CT molecular complexity index is 971. The molecule has 0 fully saturated rings. The number of hydrogen-bond donors (Lipinski definition) is 4. The molecule has 10 heteroatoms. The van der Waals surface area contributed by atoms with Gasteiger partial charge in [-0.1, -0.05) is 25.7 Å². The Morgan fingerprint density at radius 2 is 1.11 bits per heavy atom. The molecule has 0 bridgehead atoms. The molecule has 2 rings (SSSR count). The van der Waals surface area contributed by atoms with E-state index in [0.29, 0.717) is 35.5 Å². The van der Waals surface area contributed by atoms with E-state index >= 15 is 0 Å². The molecule has 0 atom stereocenters. The predicted octanol–water partition coefficient (Wildman–Crippen LogP) is 3.84. The number of ether oxygens (including phenoxy) is 2. The van der Waals surface area contributed by atoms with Crippen LogP contribution in [0.2, 0.25) is 0 Å². The lowest BCUT2D eigenvalue weighted by molar-refractivity contribution is -0.122. The number of phenols is 2. The van der Waals surface area contributed by atoms with Crippen molar-refractivity contribution >= 4 is 24.2 Å². The monoisotopic (exact) mass is 498 g/mol. The minimum Gasteiger partial charge on any atom is -0.504 e. The lowest BCUT2D eigenvalue weighted by Gasteiger charge is -2.04. The summed E-state index contributed by atoms with van der Waals surface area (Å²) in [5.41, 5.74) is 6.39. The summed E-state index contributed by atoms with van der Waals surface area (Å²) in [6.45, 7) is 0. The van der Waals surface area contributed by atoms with Crippen molar-refractivity contribution in [3.05, 3.63) is 47.5 Å². The first-order valence-corrected chi connectivity index (χ1v) is 11.8. The molecule has 0 heterocycles. The van der Waals surface area contributed by atoms with E-state index in [9.17, 15) is 19.8 Å². The van der Waals surface area contributed by atoms with Crippen molar-refractivity contribution in [2.75, 3.05) is 14.2 Å². The molecule has 0 aliphatic carbocycles. The van der Waals surface area contributed by atoms with Gasteiger partial charge in [0.25, 0.3) is 0 Å². The minimum absolute atomic E-state index is 0.0414. The van der Waals surface area contributed by atoms with Gasteiger partial charge in [-0.3, -0.25) is 9.59 Å². The van der Waals surface area contributed by atoms with Crippen LogP contribution in [0.1, 0.15) is 62.5 Å². The third kappa shape index (κ3) is 10.5. The van der Waals surface area contributed by atoms with Crippen LogP contribution in [0, 0.1) is 0 Å². The van der Waals surface area contributed by atoms with Crippen molar-refractivity contribution in [1.82, 2.24) is 10.9 Å². The van der Waals surface area contributed by atoms with Crippen LogP contribution in [0.3, 0.4) is 0 Å². The molecule has 4 N–H and O–H groups in total. The van der Waals surface area contributed by atoms with E-state index in [2.05, 4.69) is 21.1 Å². The molecule has 0 aromatic heterocycles. The smallest absolute Gasteiger partial charge is 0.240 e. The summed E-state index contributed by atoms with van der Waals surface area (Å²) in [7, 11) is 2.93. The third-order valence-electron chi connectivity index (χ3n) is 5.27. The molecule has 0 radical (unpaired) electrons. The molecule has 2 amide bonds. The molecule has 0 aliphatic rings. The molecular formula is C26H34N4O6. The number of unbranched alkanes of at least 4 members (excludes halogenated alkanes) is 5. The predicted molar refractivity (Wildman–Crippen MR) is 138 cm³/mol. The molecule has 0 unspecified atom stereocenters. The molecule has 0 saturated carbocycles. The maximum absolute atomic E-state index is 11.9. The van der Waals surface area contributed by atoms with E-state index in [1.54, 1.807) is 24.3 Å². The molecule has 36 heavy (non-hydrogen) atoms. The quantitative estimate of drug-likeness (QED) is 0.167. The zero-order valence-corrected chi connectivity index (χ0v) is 20.7. The van der Waals surface area contributed by atoms with Crippen LogP contribution in [-0.4, -0.2) is 48.7 Å². The zero-order valence-electron chi connectivity index (χ0n) is 20.7. The van der Waals surface area contributed by atoms with Gasteiger partial charge in [-0.05, 0) is 60.4 Å². The number of carbonyl (C=O) groups excluding carboxylic acids is 2. The van der Waals surface area contributed by atoms with Crippen LogP contribution in [-0.2, 0) is 9.59 Å². The second-order valence-corrected chi connectivity index (χ2v) is 8.07. The standard InChI is InChI=1S/C26H34N4O6/c1-35-23-15-19(11-13-21(23)31)17-27-29-25(33)9-7-5-3-4-6-8-10-26(34)30-28-18-20-12-14-22(32)24(16-20)36-2/h11-18,31-32H,3-10H2,1-2H3,(H,29,33)(H,30,34)/b27-17-,28-18-. The first-order chi connectivity index (χ1) is 17.4. The fraction of sp³-hybridized carbons (Fsp3) is 0.385. The Kier molecular flexibility index (Phi) is 12.3. The zero-order chi connectivity index (χ0) is 26.2. The Hall–Kier alpha value is -4.08. The molecule has 2 aromatic rings. The fourth-order valence-corrected chi connectivity index (χ4v) is 3.30. The lowest BCUT2D eigenvalue weighted by atomic mass is 10.1. The van der Waals surface area contributed by atoms with E-state index in [1.165, 1.54) is 38.8 Å². The van der Waals surface area contributed by atoms with Crippen molar-refractivity contribution in [3.8, 4) is 23.0 Å². The van der Waals surface area contributed by atoms with E-state index in [1.807, 2.05) is 0 Å². The number of hydrogen-bond acceptors (Lipinski definition) is 8. The average molecular weight is 499 g/mol. The van der Waals surface area contributed by atoms with Gasteiger partial charge in [-0.15, -0.1) is 0 Å². The molecule has 194 valence electrons. The Labute approximate surface area is 211 Å². The molecule has 0 spiro atoms. The topological polar surface area (TPSA) is 142 Å². The van der Waals surface area contributed by atoms with Gasteiger partial charge in [-0.2, -0.15) is 10.2 Å². The first-order valence-electron chi connectivity index (χ1n) is 11.8. The number of phenolic OH excluding ortho intramolecular Hbond substituents is 2. The highest BCUT2D eigenvalue weighted by Crippen LogP contribution is 2.26. The van der Waals surface area contributed by atoms with Gasteiger partial charge in [0.15, 0.2) is 23.0 Å². The number of nitrogens with zero attached hydrogens (tertiary/aromatic N) is 2. The van der Waals surface area contributed by atoms with E-state index in [-0.39, 0.29) is 23.3 Å². The maximum atomic E-state index is 11.9. The summed E-state index contributed by atoms with van der Waals surface area (Å²) in [5.74, 6) is 0.456. The number of rotatable bonds is 15. The van der Waals surface area contributed by atoms with Gasteiger partial charge in [0, 0.05) is 12.8 Å². The first kappa shape index (κ1) is 28.2. The number of carbonyl (C=O) groups is 2. The summed E-state index contributed by atoms with van der Waals surface area (Å²) in [6, 6.07) is 9.58. The molecule has 10 nitrogen and oxygen atoms in total. The summed E-state index contributed by atoms with van der Waals surface area (Å²) in [6.07, 6.45) is 9.15. The van der Waals surface area contributed by atoms with Crippen molar-refractivity contribution < 1.29 is 29.3 Å². The van der Waals surface area contributed by atoms with E-state index in [4.69, 9.17) is 9.47 Å². The van der Waals surface area contributed by atoms with Gasteiger partial charge in [0.05, 0.1) is 26.6 Å². The van der Waals surface area contributed by atoms with Gasteiger partial charge in [-0.25, -0.2) is 10.9 Å². The molecular weight excluding hydrogens is 464 g/mol. The number of amides is 2. The summed E-state index contributed by atoms with van der Waals surface area (Å²) >= 11 is 0. The molecule has 2 aromatic carbocycles. The Morgan fingerprint density at radius 3 is 1.50 bits per heavy atom. The van der Waals surface area contributed by atoms with Crippen LogP contribution < -0.4 is 20.3 Å². The van der Waals surface area contributed by atoms with Crippen molar-refractivity contribution in [2.45, 2.75) is 51.4 Å². The fourth-order valence-electron chi connectivity index (χ4n) is 3.30. The molecule has 0 saturated heterocycles. The largest absolute Gasteiger partial charge is 0.504 e. The van der Waals surface area contributed by atoms with Gasteiger partial charge in [0.1, 0.15) is 0 Å². The Balaban J connectivity index is 1.49. The summed E-state index contributed by atoms with van der Waals surface area (Å²) < 4.78 is 10.1. The number of hydrazone groups is 2. The normalized spacial score (nSPS) is 11.1. The number of aromatic hydroxyl groups is 2. The van der Waals surface area contributed by atoms with Crippen molar-refractivity contribution in [1.29, 1.82) is 0 Å². The lowest BCUT2D eigenvalue weighted by Crippen LogP contribution is -2.17.